The van der Waals surface area contributed by atoms with Gasteiger partial charge in [0.2, 0.25) is 5.91 Å². The quantitative estimate of drug-likeness (QED) is 0.442. The van der Waals surface area contributed by atoms with Crippen LogP contribution in [0.15, 0.2) is 85.2 Å². The maximum atomic E-state index is 13.0. The van der Waals surface area contributed by atoms with Crippen LogP contribution in [0.3, 0.4) is 0 Å². The van der Waals surface area contributed by atoms with E-state index in [1.807, 2.05) is 48.5 Å². The zero-order valence-corrected chi connectivity index (χ0v) is 19.5. The van der Waals surface area contributed by atoms with Crippen LogP contribution in [0.1, 0.15) is 12.0 Å². The first kappa shape index (κ1) is 23.8. The minimum Gasteiger partial charge on any atom is -0.492 e. The molecule has 2 aromatic carbocycles. The monoisotopic (exact) mass is 459 g/mol. The van der Waals surface area contributed by atoms with Crippen LogP contribution in [0, 0.1) is 11.8 Å². The molecule has 1 aliphatic heterocycles. The second-order valence-corrected chi connectivity index (χ2v) is 8.75. The highest BCUT2D eigenvalue weighted by molar-refractivity contribution is 5.79. The summed E-state index contributed by atoms with van der Waals surface area (Å²) in [6, 6.07) is 24.0. The van der Waals surface area contributed by atoms with E-state index in [-0.39, 0.29) is 17.7 Å². The normalized spacial score (nSPS) is 18.2. The van der Waals surface area contributed by atoms with Gasteiger partial charge in [0.25, 0.3) is 0 Å². The third-order valence-electron chi connectivity index (χ3n) is 6.08. The first-order valence-electron chi connectivity index (χ1n) is 12.0. The van der Waals surface area contributed by atoms with Crippen molar-refractivity contribution in [3.8, 4) is 11.5 Å². The number of carbonyl (C=O) groups excluding carboxylic acids is 1. The number of likely N-dealkylation sites (tertiary alicyclic amines) is 1. The van der Waals surface area contributed by atoms with Crippen molar-refractivity contribution in [3.63, 3.8) is 0 Å². The number of hydrogen-bond acceptors (Lipinski definition) is 5. The molecule has 1 aromatic heterocycles. The van der Waals surface area contributed by atoms with E-state index in [1.165, 1.54) is 5.56 Å². The fourth-order valence-corrected chi connectivity index (χ4v) is 4.38. The third-order valence-corrected chi connectivity index (χ3v) is 6.08. The lowest BCUT2D eigenvalue weighted by atomic mass is 9.88. The highest BCUT2D eigenvalue weighted by Gasteiger charge is 2.31. The lowest BCUT2D eigenvalue weighted by molar-refractivity contribution is -0.127. The third kappa shape index (κ3) is 7.59. The van der Waals surface area contributed by atoms with Crippen LogP contribution in [0.2, 0.25) is 0 Å². The topological polar surface area (TPSA) is 63.7 Å². The number of nitrogens with zero attached hydrogens (tertiary/aromatic N) is 2. The number of ether oxygens (including phenoxy) is 2. The predicted octanol–water partition coefficient (Wildman–Crippen LogP) is 3.84. The van der Waals surface area contributed by atoms with Gasteiger partial charge in [-0.15, -0.1) is 0 Å². The molecule has 0 radical (unpaired) electrons. The van der Waals surface area contributed by atoms with Gasteiger partial charge in [0.15, 0.2) is 0 Å². The Bertz CT molecular complexity index is 934. The van der Waals surface area contributed by atoms with Crippen molar-refractivity contribution in [1.29, 1.82) is 0 Å². The average molecular weight is 460 g/mol. The van der Waals surface area contributed by atoms with Crippen LogP contribution in [0.25, 0.3) is 0 Å². The number of hydrogen-bond donors (Lipinski definition) is 1. The zero-order chi connectivity index (χ0) is 23.4. The van der Waals surface area contributed by atoms with E-state index >= 15 is 0 Å². The summed E-state index contributed by atoms with van der Waals surface area (Å²) in [4.78, 5) is 19.5. The van der Waals surface area contributed by atoms with Crippen molar-refractivity contribution >= 4 is 5.91 Å². The maximum Gasteiger partial charge on any atom is 0.224 e. The minimum absolute atomic E-state index is 0.0660. The lowest BCUT2D eigenvalue weighted by Gasteiger charge is -2.37. The molecule has 4 rings (SSSR count). The first-order chi connectivity index (χ1) is 16.8. The molecule has 1 saturated heterocycles. The predicted molar refractivity (Wildman–Crippen MR) is 133 cm³/mol. The molecule has 34 heavy (non-hydrogen) atoms. The number of benzene rings is 2. The molecule has 1 amide bonds. The Morgan fingerprint density at radius 1 is 0.941 bits per heavy atom. The summed E-state index contributed by atoms with van der Waals surface area (Å²) >= 11 is 0. The van der Waals surface area contributed by atoms with Crippen LogP contribution >= 0.6 is 0 Å². The summed E-state index contributed by atoms with van der Waals surface area (Å²) < 4.78 is 11.7. The maximum absolute atomic E-state index is 13.0. The van der Waals surface area contributed by atoms with Gasteiger partial charge in [-0.05, 0) is 42.7 Å². The highest BCUT2D eigenvalue weighted by atomic mass is 16.5. The largest absolute Gasteiger partial charge is 0.492 e. The minimum atomic E-state index is -0.0660. The van der Waals surface area contributed by atoms with Crippen molar-refractivity contribution in [2.24, 2.45) is 11.8 Å². The van der Waals surface area contributed by atoms with Crippen LogP contribution in [-0.4, -0.2) is 55.2 Å². The number of aromatic nitrogens is 1. The van der Waals surface area contributed by atoms with Crippen molar-refractivity contribution < 1.29 is 14.3 Å². The molecule has 2 atom stereocenters. The Kier molecular flexibility index (Phi) is 8.91. The molecular formula is C28H33N3O3. The van der Waals surface area contributed by atoms with Crippen molar-refractivity contribution in [1.82, 2.24) is 15.2 Å². The smallest absolute Gasteiger partial charge is 0.224 e. The Morgan fingerprint density at radius 3 is 2.47 bits per heavy atom. The van der Waals surface area contributed by atoms with Gasteiger partial charge in [-0.25, -0.2) is 0 Å². The molecule has 1 N–H and O–H groups in total. The van der Waals surface area contributed by atoms with E-state index in [2.05, 4.69) is 39.5 Å². The molecule has 3 aromatic rings. The number of pyridine rings is 1. The first-order valence-corrected chi connectivity index (χ1v) is 12.0. The van der Waals surface area contributed by atoms with Gasteiger partial charge >= 0.3 is 0 Å². The van der Waals surface area contributed by atoms with Gasteiger partial charge < -0.3 is 19.7 Å². The molecule has 1 aliphatic rings. The van der Waals surface area contributed by atoms with E-state index in [4.69, 9.17) is 9.47 Å². The number of carbonyl (C=O) groups is 1. The number of amides is 1. The van der Waals surface area contributed by atoms with Crippen molar-refractivity contribution in [2.75, 3.05) is 39.4 Å². The Labute approximate surface area is 201 Å². The molecule has 0 aliphatic carbocycles. The fourth-order valence-electron chi connectivity index (χ4n) is 4.38. The lowest BCUT2D eigenvalue weighted by Crippen LogP contribution is -2.48. The number of para-hydroxylation sites is 1. The molecule has 178 valence electrons. The summed E-state index contributed by atoms with van der Waals surface area (Å²) in [6.45, 7) is 4.14. The van der Waals surface area contributed by atoms with E-state index in [9.17, 15) is 4.79 Å². The van der Waals surface area contributed by atoms with Crippen molar-refractivity contribution in [3.05, 3.63) is 90.8 Å². The second kappa shape index (κ2) is 12.8. The Hall–Kier alpha value is -3.38. The summed E-state index contributed by atoms with van der Waals surface area (Å²) in [6.07, 6.45) is 5.25. The molecule has 1 fully saturated rings. The number of piperidine rings is 1. The molecule has 0 saturated carbocycles. The van der Waals surface area contributed by atoms with Crippen molar-refractivity contribution in [2.45, 2.75) is 12.8 Å². The molecule has 6 nitrogen and oxygen atoms in total. The molecule has 6 heteroatoms. The van der Waals surface area contributed by atoms with Crippen LogP contribution in [-0.2, 0) is 11.2 Å². The van der Waals surface area contributed by atoms with Gasteiger partial charge in [0.1, 0.15) is 18.1 Å². The standard InChI is InChI=1S/C28H33N3O3/c32-28(30-15-17-33-26-10-5-2-6-11-26)25-18-24(22-34-27-12-7-14-29-19-27)20-31(21-25)16-13-23-8-3-1-4-9-23/h1-12,14,19,24-25H,13,15-18,20-22H2,(H,30,32)/t24-,25+/m0/s1. The molecule has 0 bridgehead atoms. The van der Waals surface area contributed by atoms with Gasteiger partial charge in [-0.2, -0.15) is 0 Å². The summed E-state index contributed by atoms with van der Waals surface area (Å²) in [5.74, 6) is 1.88. The highest BCUT2D eigenvalue weighted by Crippen LogP contribution is 2.24. The molecule has 0 unspecified atom stereocenters. The van der Waals surface area contributed by atoms with Crippen LogP contribution < -0.4 is 14.8 Å². The van der Waals surface area contributed by atoms with E-state index < -0.39 is 0 Å². The fraction of sp³-hybridized carbons (Fsp3) is 0.357. The van der Waals surface area contributed by atoms with Gasteiger partial charge in [-0.3, -0.25) is 9.78 Å². The number of rotatable bonds is 11. The zero-order valence-electron chi connectivity index (χ0n) is 19.5. The van der Waals surface area contributed by atoms with E-state index in [0.717, 1.165) is 44.0 Å². The second-order valence-electron chi connectivity index (χ2n) is 8.75. The molecule has 0 spiro atoms. The average Bonchev–Trinajstić information content (AvgIpc) is 2.90. The van der Waals surface area contributed by atoms with E-state index in [1.54, 1.807) is 12.4 Å². The Balaban J connectivity index is 1.30. The van der Waals surface area contributed by atoms with Crippen LogP contribution in [0.4, 0.5) is 0 Å². The summed E-state index contributed by atoms with van der Waals surface area (Å²) in [5, 5.41) is 3.07. The molecule has 2 heterocycles. The van der Waals surface area contributed by atoms with Gasteiger partial charge in [-0.1, -0.05) is 48.5 Å². The summed E-state index contributed by atoms with van der Waals surface area (Å²) in [5.41, 5.74) is 1.32. The number of nitrogens with one attached hydrogen (secondary N) is 1. The Morgan fingerprint density at radius 2 is 1.71 bits per heavy atom. The van der Waals surface area contributed by atoms with Gasteiger partial charge in [0.05, 0.1) is 25.3 Å². The SMILES string of the molecule is O=C(NCCOc1ccccc1)[C@@H]1C[C@H](COc2cccnc2)CN(CCc2ccccc2)C1. The summed E-state index contributed by atoms with van der Waals surface area (Å²) in [7, 11) is 0. The molecular weight excluding hydrogens is 426 g/mol. The van der Waals surface area contributed by atoms with E-state index in [0.29, 0.717) is 19.8 Å². The van der Waals surface area contributed by atoms with Crippen LogP contribution in [0.5, 0.6) is 11.5 Å². The van der Waals surface area contributed by atoms with Gasteiger partial charge in [0, 0.05) is 31.7 Å².